The molecule has 1 aromatic rings. The molecule has 21 heavy (non-hydrogen) atoms. The van der Waals surface area contributed by atoms with E-state index in [-0.39, 0.29) is 12.4 Å². The van der Waals surface area contributed by atoms with E-state index in [4.69, 9.17) is 0 Å². The second kappa shape index (κ2) is 8.48. The summed E-state index contributed by atoms with van der Waals surface area (Å²) >= 11 is 6.78. The monoisotopic (exact) mass is 434 g/mol. The van der Waals surface area contributed by atoms with E-state index < -0.39 is 18.2 Å². The Morgan fingerprint density at radius 3 is 2.19 bits per heavy atom. The molecule has 120 valence electrons. The highest BCUT2D eigenvalue weighted by Gasteiger charge is 2.32. The first-order valence-electron chi connectivity index (χ1n) is 6.36. The Morgan fingerprint density at radius 2 is 1.67 bits per heavy atom. The predicted molar refractivity (Wildman–Crippen MR) is 81.8 cm³/mol. The van der Waals surface area contributed by atoms with Gasteiger partial charge < -0.3 is 4.74 Å². The van der Waals surface area contributed by atoms with Gasteiger partial charge >= 0.3 is 6.18 Å². The van der Waals surface area contributed by atoms with Crippen LogP contribution in [-0.2, 0) is 10.2 Å². The third-order valence-corrected chi connectivity index (χ3v) is 5.31. The minimum Gasteiger partial charge on any atom is -0.372 e. The molecule has 0 fully saturated rings. The van der Waals surface area contributed by atoms with Crippen molar-refractivity contribution in [2.75, 3.05) is 23.9 Å². The summed E-state index contributed by atoms with van der Waals surface area (Å²) in [6, 6.07) is 6.45. The summed E-state index contributed by atoms with van der Waals surface area (Å²) in [5.74, 6) is -0.312. The molecular formula is C14H16Br2F4O. The molecular weight excluding hydrogens is 420 g/mol. The molecule has 0 saturated heterocycles. The normalized spacial score (nSPS) is 12.7. The SMILES string of the molecule is Fc1ccccc1C(CBr)(CBr)CCCOCC(F)(F)F. The van der Waals surface area contributed by atoms with Crippen LogP contribution in [0.5, 0.6) is 0 Å². The van der Waals surface area contributed by atoms with E-state index in [2.05, 4.69) is 36.6 Å². The zero-order valence-corrected chi connectivity index (χ0v) is 14.4. The van der Waals surface area contributed by atoms with Crippen LogP contribution in [0, 0.1) is 5.82 Å². The van der Waals surface area contributed by atoms with E-state index in [0.717, 1.165) is 0 Å². The molecule has 0 aromatic heterocycles. The maximum atomic E-state index is 14.0. The standard InChI is InChI=1S/C14H16Br2F4O/c15-8-13(9-16,11-4-1-2-5-12(11)17)6-3-7-21-10-14(18,19)20/h1-2,4-5H,3,6-10H2. The fourth-order valence-corrected chi connectivity index (χ4v) is 4.13. The van der Waals surface area contributed by atoms with Crippen molar-refractivity contribution in [3.8, 4) is 0 Å². The first kappa shape index (κ1) is 18.9. The molecule has 1 nitrogen and oxygen atoms in total. The lowest BCUT2D eigenvalue weighted by molar-refractivity contribution is -0.174. The lowest BCUT2D eigenvalue weighted by atomic mass is 9.80. The van der Waals surface area contributed by atoms with Gasteiger partial charge in [0, 0.05) is 22.7 Å². The van der Waals surface area contributed by atoms with Gasteiger partial charge in [-0.05, 0) is 24.5 Å². The second-order valence-corrected chi connectivity index (χ2v) is 5.92. The van der Waals surface area contributed by atoms with E-state index in [1.807, 2.05) is 0 Å². The second-order valence-electron chi connectivity index (χ2n) is 4.80. The Bertz CT molecular complexity index is 433. The highest BCUT2D eigenvalue weighted by atomic mass is 79.9. The number of benzene rings is 1. The first-order chi connectivity index (χ1) is 9.84. The van der Waals surface area contributed by atoms with Gasteiger partial charge in [0.2, 0.25) is 0 Å². The van der Waals surface area contributed by atoms with Crippen LogP contribution in [0.4, 0.5) is 17.6 Å². The molecule has 0 bridgehead atoms. The average molecular weight is 436 g/mol. The van der Waals surface area contributed by atoms with Crippen molar-refractivity contribution in [3.05, 3.63) is 35.6 Å². The van der Waals surface area contributed by atoms with E-state index >= 15 is 0 Å². The summed E-state index contributed by atoms with van der Waals surface area (Å²) in [4.78, 5) is 0. The fraction of sp³-hybridized carbons (Fsp3) is 0.571. The molecule has 0 saturated carbocycles. The van der Waals surface area contributed by atoms with E-state index in [1.54, 1.807) is 18.2 Å². The minimum absolute atomic E-state index is 0.00425. The number of ether oxygens (including phenoxy) is 1. The Balaban J connectivity index is 2.64. The topological polar surface area (TPSA) is 9.23 Å². The Labute approximate surface area is 138 Å². The van der Waals surface area contributed by atoms with Gasteiger partial charge in [-0.3, -0.25) is 0 Å². The molecule has 0 unspecified atom stereocenters. The van der Waals surface area contributed by atoms with Crippen LogP contribution in [0.25, 0.3) is 0 Å². The van der Waals surface area contributed by atoms with Crippen molar-refractivity contribution >= 4 is 31.9 Å². The summed E-state index contributed by atoms with van der Waals surface area (Å²) in [6.07, 6.45) is -3.38. The average Bonchev–Trinajstić information content (AvgIpc) is 2.43. The summed E-state index contributed by atoms with van der Waals surface area (Å²) in [5.41, 5.74) is 0.0435. The van der Waals surface area contributed by atoms with Crippen LogP contribution in [-0.4, -0.2) is 30.1 Å². The molecule has 0 aliphatic rings. The van der Waals surface area contributed by atoms with Crippen molar-refractivity contribution in [2.24, 2.45) is 0 Å². The molecule has 1 rings (SSSR count). The van der Waals surface area contributed by atoms with Crippen molar-refractivity contribution in [1.29, 1.82) is 0 Å². The number of alkyl halides is 5. The molecule has 0 aliphatic heterocycles. The van der Waals surface area contributed by atoms with Crippen molar-refractivity contribution in [1.82, 2.24) is 0 Å². The lowest BCUT2D eigenvalue weighted by Crippen LogP contribution is -2.32. The smallest absolute Gasteiger partial charge is 0.372 e. The largest absolute Gasteiger partial charge is 0.411 e. The minimum atomic E-state index is -4.31. The number of hydrogen-bond acceptors (Lipinski definition) is 1. The number of hydrogen-bond donors (Lipinski definition) is 0. The fourth-order valence-electron chi connectivity index (χ4n) is 2.04. The number of rotatable bonds is 8. The number of halogens is 6. The molecule has 0 heterocycles. The van der Waals surface area contributed by atoms with Crippen LogP contribution >= 0.6 is 31.9 Å². The quantitative estimate of drug-likeness (QED) is 0.309. The van der Waals surface area contributed by atoms with E-state index in [0.29, 0.717) is 29.1 Å². The molecule has 7 heteroatoms. The molecule has 0 aliphatic carbocycles. The van der Waals surface area contributed by atoms with Crippen molar-refractivity contribution in [2.45, 2.75) is 24.4 Å². The zero-order valence-electron chi connectivity index (χ0n) is 11.2. The van der Waals surface area contributed by atoms with Crippen LogP contribution < -0.4 is 0 Å². The van der Waals surface area contributed by atoms with Gasteiger partial charge in [-0.25, -0.2) is 4.39 Å². The van der Waals surface area contributed by atoms with Gasteiger partial charge in [0.15, 0.2) is 0 Å². The van der Waals surface area contributed by atoms with Gasteiger partial charge in [0.25, 0.3) is 0 Å². The summed E-state index contributed by atoms with van der Waals surface area (Å²) < 4.78 is 54.5. The highest BCUT2D eigenvalue weighted by Crippen LogP contribution is 2.35. The van der Waals surface area contributed by atoms with Gasteiger partial charge in [0.1, 0.15) is 12.4 Å². The van der Waals surface area contributed by atoms with Crippen molar-refractivity contribution in [3.63, 3.8) is 0 Å². The highest BCUT2D eigenvalue weighted by molar-refractivity contribution is 9.09. The van der Waals surface area contributed by atoms with Gasteiger partial charge in [-0.2, -0.15) is 13.2 Å². The van der Waals surface area contributed by atoms with Gasteiger partial charge in [-0.1, -0.05) is 50.1 Å². The van der Waals surface area contributed by atoms with E-state index in [9.17, 15) is 17.6 Å². The Kier molecular flexibility index (Phi) is 7.64. The van der Waals surface area contributed by atoms with Crippen LogP contribution in [0.3, 0.4) is 0 Å². The Hall–Kier alpha value is -0.140. The third-order valence-electron chi connectivity index (χ3n) is 3.17. The van der Waals surface area contributed by atoms with Gasteiger partial charge in [-0.15, -0.1) is 0 Å². The third kappa shape index (κ3) is 5.87. The first-order valence-corrected chi connectivity index (χ1v) is 8.60. The van der Waals surface area contributed by atoms with Crippen LogP contribution in [0.1, 0.15) is 18.4 Å². The molecule has 0 atom stereocenters. The molecule has 0 N–H and O–H groups in total. The van der Waals surface area contributed by atoms with Crippen LogP contribution in [0.15, 0.2) is 24.3 Å². The van der Waals surface area contributed by atoms with E-state index in [1.165, 1.54) is 6.07 Å². The maximum absolute atomic E-state index is 14.0. The Morgan fingerprint density at radius 1 is 1.05 bits per heavy atom. The maximum Gasteiger partial charge on any atom is 0.411 e. The molecule has 1 aromatic carbocycles. The summed E-state index contributed by atoms with van der Waals surface area (Å²) in [5, 5.41) is 1.01. The zero-order chi connectivity index (χ0) is 15.9. The summed E-state index contributed by atoms with van der Waals surface area (Å²) in [7, 11) is 0. The lowest BCUT2D eigenvalue weighted by Gasteiger charge is -2.31. The van der Waals surface area contributed by atoms with Gasteiger partial charge in [0.05, 0.1) is 0 Å². The molecule has 0 spiro atoms. The summed E-state index contributed by atoms with van der Waals surface area (Å²) in [6.45, 7) is -1.25. The molecule has 0 amide bonds. The molecule has 0 radical (unpaired) electrons. The predicted octanol–water partition coefficient (Wildman–Crippen LogP) is 5.21. The van der Waals surface area contributed by atoms with Crippen LogP contribution in [0.2, 0.25) is 0 Å². The van der Waals surface area contributed by atoms with Crippen molar-refractivity contribution < 1.29 is 22.3 Å².